The van der Waals surface area contributed by atoms with Gasteiger partial charge in [0.25, 0.3) is 0 Å². The molecule has 1 radical (unpaired) electrons. The maximum Gasteiger partial charge on any atom is 0.409 e. The highest BCUT2D eigenvalue weighted by molar-refractivity contribution is 5.68. The van der Waals surface area contributed by atoms with Gasteiger partial charge in [0, 0.05) is 19.1 Å². The number of fused-ring (bicyclic) bond motifs is 3. The molecule has 4 nitrogen and oxygen atoms in total. The fourth-order valence-corrected chi connectivity index (χ4v) is 1.86. The van der Waals surface area contributed by atoms with Crippen LogP contribution in [-0.2, 0) is 4.74 Å². The molecule has 3 rings (SSSR count). The smallest absolute Gasteiger partial charge is 0.409 e. The first kappa shape index (κ1) is 7.86. The molecule has 1 atom stereocenters. The van der Waals surface area contributed by atoms with E-state index in [9.17, 15) is 4.79 Å². The second-order valence-electron chi connectivity index (χ2n) is 3.27. The average Bonchev–Trinajstić information content (AvgIpc) is 2.18. The van der Waals surface area contributed by atoms with E-state index in [1.165, 1.54) is 13.2 Å². The number of ether oxygens (including phenoxy) is 1. The summed E-state index contributed by atoms with van der Waals surface area (Å²) in [5.74, 6) is 0. The zero-order valence-electron chi connectivity index (χ0n) is 7.17. The van der Waals surface area contributed by atoms with Crippen molar-refractivity contribution in [3.8, 4) is 0 Å². The van der Waals surface area contributed by atoms with Crippen molar-refractivity contribution in [3.63, 3.8) is 0 Å². The van der Waals surface area contributed by atoms with Gasteiger partial charge in [0.05, 0.1) is 13.2 Å². The van der Waals surface area contributed by atoms with Crippen molar-refractivity contribution >= 4 is 6.09 Å². The zero-order chi connectivity index (χ0) is 8.55. The molecular formula is C8H13N2O2. The Morgan fingerprint density at radius 3 is 3.00 bits per heavy atom. The molecule has 3 heterocycles. The number of methoxy groups -OCH3 is 1. The van der Waals surface area contributed by atoms with Gasteiger partial charge in [-0.05, 0) is 12.8 Å². The molecule has 0 aromatic rings. The van der Waals surface area contributed by atoms with Crippen LogP contribution in [-0.4, -0.2) is 37.2 Å². The minimum absolute atomic E-state index is 0.196. The molecule has 0 aromatic heterocycles. The summed E-state index contributed by atoms with van der Waals surface area (Å²) in [7, 11) is 1.43. The van der Waals surface area contributed by atoms with Gasteiger partial charge >= 0.3 is 6.09 Å². The van der Waals surface area contributed by atoms with Crippen LogP contribution in [0.2, 0.25) is 0 Å². The van der Waals surface area contributed by atoms with Gasteiger partial charge in [-0.15, -0.1) is 0 Å². The van der Waals surface area contributed by atoms with Gasteiger partial charge in [-0.2, -0.15) is 0 Å². The highest BCUT2D eigenvalue weighted by Gasteiger charge is 2.36. The van der Waals surface area contributed by atoms with Crippen molar-refractivity contribution in [2.45, 2.75) is 18.9 Å². The summed E-state index contributed by atoms with van der Waals surface area (Å²) in [4.78, 5) is 13.0. The van der Waals surface area contributed by atoms with Crippen LogP contribution in [0.1, 0.15) is 12.8 Å². The molecule has 3 fully saturated rings. The lowest BCUT2D eigenvalue weighted by Gasteiger charge is -2.44. The molecule has 0 spiro atoms. The van der Waals surface area contributed by atoms with Gasteiger partial charge < -0.3 is 15.0 Å². The standard InChI is InChI=1S/C8H13N2O2/c1-12-8(11)10-5-6-2-3-7(10)4-9-6/h7,9H,2-5H2,1H3. The Morgan fingerprint density at radius 1 is 1.75 bits per heavy atom. The van der Waals surface area contributed by atoms with E-state index in [-0.39, 0.29) is 6.09 Å². The third kappa shape index (κ3) is 1.16. The number of piperidine rings is 2. The summed E-state index contributed by atoms with van der Waals surface area (Å²) in [5.41, 5.74) is 0. The van der Waals surface area contributed by atoms with E-state index in [1.807, 2.05) is 0 Å². The van der Waals surface area contributed by atoms with E-state index in [1.54, 1.807) is 4.90 Å². The van der Waals surface area contributed by atoms with Crippen LogP contribution >= 0.6 is 0 Å². The lowest BCUT2D eigenvalue weighted by molar-refractivity contribution is 0.0763. The largest absolute Gasteiger partial charge is 0.453 e. The second kappa shape index (κ2) is 2.94. The Bertz CT molecular complexity index is 187. The van der Waals surface area contributed by atoms with E-state index in [2.05, 4.69) is 10.1 Å². The molecule has 2 bridgehead atoms. The highest BCUT2D eigenvalue weighted by atomic mass is 16.5. The average molecular weight is 169 g/mol. The van der Waals surface area contributed by atoms with Crippen LogP contribution in [0.5, 0.6) is 0 Å². The molecule has 3 aliphatic rings. The van der Waals surface area contributed by atoms with Gasteiger partial charge in [0.1, 0.15) is 0 Å². The van der Waals surface area contributed by atoms with Crippen molar-refractivity contribution in [2.75, 3.05) is 20.2 Å². The summed E-state index contributed by atoms with van der Waals surface area (Å²) < 4.78 is 4.69. The number of rotatable bonds is 0. The molecule has 1 N–H and O–H groups in total. The predicted molar refractivity (Wildman–Crippen MR) is 43.4 cm³/mol. The van der Waals surface area contributed by atoms with Gasteiger partial charge in [-0.25, -0.2) is 4.79 Å². The first-order chi connectivity index (χ1) is 5.81. The van der Waals surface area contributed by atoms with Crippen molar-refractivity contribution in [1.29, 1.82) is 0 Å². The van der Waals surface area contributed by atoms with Crippen LogP contribution in [0.15, 0.2) is 0 Å². The van der Waals surface area contributed by atoms with Crippen molar-refractivity contribution < 1.29 is 9.53 Å². The van der Waals surface area contributed by atoms with Crippen molar-refractivity contribution in [1.82, 2.24) is 10.2 Å². The van der Waals surface area contributed by atoms with E-state index >= 15 is 0 Å². The summed E-state index contributed by atoms with van der Waals surface area (Å²) in [5, 5.41) is 3.29. The van der Waals surface area contributed by atoms with Gasteiger partial charge in [-0.3, -0.25) is 0 Å². The third-order valence-corrected chi connectivity index (χ3v) is 2.58. The minimum Gasteiger partial charge on any atom is -0.453 e. The molecule has 12 heavy (non-hydrogen) atoms. The summed E-state index contributed by atoms with van der Waals surface area (Å²) >= 11 is 0. The normalized spacial score (nSPS) is 29.1. The molecular weight excluding hydrogens is 156 g/mol. The summed E-state index contributed by atoms with van der Waals surface area (Å²) in [6, 6.07) is 1.61. The van der Waals surface area contributed by atoms with E-state index in [4.69, 9.17) is 0 Å². The Hall–Kier alpha value is -0.770. The van der Waals surface area contributed by atoms with Crippen molar-refractivity contribution in [2.24, 2.45) is 0 Å². The lowest BCUT2D eigenvalue weighted by atomic mass is 9.94. The van der Waals surface area contributed by atoms with Crippen molar-refractivity contribution in [3.05, 3.63) is 6.04 Å². The Balaban J connectivity index is 2.03. The Kier molecular flexibility index (Phi) is 1.92. The predicted octanol–water partition coefficient (Wildman–Crippen LogP) is 0.352. The summed E-state index contributed by atoms with van der Waals surface area (Å²) in [6.45, 7) is 1.63. The van der Waals surface area contributed by atoms with Gasteiger partial charge in [0.2, 0.25) is 0 Å². The zero-order valence-corrected chi connectivity index (χ0v) is 7.17. The molecule has 67 valence electrons. The number of hydrogen-bond donors (Lipinski definition) is 1. The number of carbonyl (C=O) groups excluding carboxylic acids is 1. The van der Waals surface area contributed by atoms with Gasteiger partial charge in [-0.1, -0.05) is 0 Å². The second-order valence-corrected chi connectivity index (χ2v) is 3.27. The Labute approximate surface area is 71.9 Å². The Morgan fingerprint density at radius 2 is 2.58 bits per heavy atom. The summed E-state index contributed by atoms with van der Waals surface area (Å²) in [6.07, 6.45) is 1.99. The molecule has 1 amide bonds. The number of nitrogens with one attached hydrogen (secondary N) is 1. The number of hydrogen-bond acceptors (Lipinski definition) is 3. The fourth-order valence-electron chi connectivity index (χ4n) is 1.86. The van der Waals surface area contributed by atoms with Crippen LogP contribution in [0.25, 0.3) is 0 Å². The first-order valence-electron chi connectivity index (χ1n) is 4.24. The number of amides is 1. The molecule has 0 saturated carbocycles. The third-order valence-electron chi connectivity index (χ3n) is 2.58. The van der Waals surface area contributed by atoms with E-state index < -0.39 is 0 Å². The van der Waals surface area contributed by atoms with Crippen LogP contribution < -0.4 is 5.32 Å². The molecule has 0 aromatic carbocycles. The number of carbonyl (C=O) groups is 1. The van der Waals surface area contributed by atoms with E-state index in [0.717, 1.165) is 25.9 Å². The fraction of sp³-hybridized carbons (Fsp3) is 0.750. The van der Waals surface area contributed by atoms with Gasteiger partial charge in [0.15, 0.2) is 0 Å². The number of piperazine rings is 1. The van der Waals surface area contributed by atoms with Crippen LogP contribution in [0.3, 0.4) is 0 Å². The SMILES string of the molecule is COC(=O)N1C[C]2CCC1CN2. The van der Waals surface area contributed by atoms with Crippen LogP contribution in [0.4, 0.5) is 4.79 Å². The monoisotopic (exact) mass is 169 g/mol. The quantitative estimate of drug-likeness (QED) is 0.569. The lowest BCUT2D eigenvalue weighted by Crippen LogP contribution is -2.58. The highest BCUT2D eigenvalue weighted by Crippen LogP contribution is 2.26. The first-order valence-corrected chi connectivity index (χ1v) is 4.24. The molecule has 3 aliphatic heterocycles. The number of nitrogens with zero attached hydrogens (tertiary/aromatic N) is 1. The molecule has 1 unspecified atom stereocenters. The molecule has 3 saturated heterocycles. The maximum absolute atomic E-state index is 11.2. The maximum atomic E-state index is 11.2. The van der Waals surface area contributed by atoms with E-state index in [0.29, 0.717) is 6.04 Å². The van der Waals surface area contributed by atoms with Crippen LogP contribution in [0, 0.1) is 6.04 Å². The molecule has 4 heteroatoms. The topological polar surface area (TPSA) is 41.6 Å². The minimum atomic E-state index is -0.196. The molecule has 0 aliphatic carbocycles.